The molecule has 4 nitrogen and oxygen atoms in total. The molecule has 0 aromatic heterocycles. The summed E-state index contributed by atoms with van der Waals surface area (Å²) >= 11 is 0. The third-order valence-corrected chi connectivity index (χ3v) is 4.12. The molecule has 21 heavy (non-hydrogen) atoms. The number of rotatable bonds is 6. The van der Waals surface area contributed by atoms with Crippen LogP contribution in [0.2, 0.25) is 0 Å². The van der Waals surface area contributed by atoms with Gasteiger partial charge in [0.15, 0.2) is 11.6 Å². The first-order valence-electron chi connectivity index (χ1n) is 6.27. The molecule has 0 N–H and O–H groups in total. The van der Waals surface area contributed by atoms with Crippen LogP contribution in [0.3, 0.4) is 0 Å². The van der Waals surface area contributed by atoms with Crippen LogP contribution in [0, 0.1) is 17.6 Å². The van der Waals surface area contributed by atoms with Gasteiger partial charge in [0, 0.05) is 10.7 Å². The van der Waals surface area contributed by atoms with Gasteiger partial charge in [-0.15, -0.1) is 0 Å². The van der Waals surface area contributed by atoms with Crippen molar-refractivity contribution in [2.24, 2.45) is 5.92 Å². The molecular weight excluding hydrogens is 326 g/mol. The van der Waals surface area contributed by atoms with Gasteiger partial charge in [-0.3, -0.25) is 0 Å². The minimum Gasteiger partial charge on any atom is -0.462 e. The molecule has 0 saturated carbocycles. The van der Waals surface area contributed by atoms with Gasteiger partial charge in [0.1, 0.15) is 0 Å². The van der Waals surface area contributed by atoms with E-state index in [2.05, 4.69) is 0 Å². The van der Waals surface area contributed by atoms with Crippen LogP contribution in [0.4, 0.5) is 8.78 Å². The summed E-state index contributed by atoms with van der Waals surface area (Å²) in [6, 6.07) is 1.07. The predicted molar refractivity (Wildman–Crippen MR) is 73.8 cm³/mol. The summed E-state index contributed by atoms with van der Waals surface area (Å²) in [7, 11) is 0.779. The van der Waals surface area contributed by atoms with Crippen LogP contribution >= 0.6 is 10.7 Å². The van der Waals surface area contributed by atoms with E-state index in [1.165, 1.54) is 0 Å². The molecule has 0 aliphatic heterocycles. The summed E-state index contributed by atoms with van der Waals surface area (Å²) in [5, 5.41) is 0. The summed E-state index contributed by atoms with van der Waals surface area (Å²) in [6.07, 6.45) is 1.70. The zero-order chi connectivity index (χ0) is 16.2. The molecule has 0 heterocycles. The zero-order valence-electron chi connectivity index (χ0n) is 11.5. The van der Waals surface area contributed by atoms with Gasteiger partial charge in [-0.2, -0.15) is 0 Å². The normalized spacial score (nSPS) is 13.0. The number of esters is 1. The summed E-state index contributed by atoms with van der Waals surface area (Å²) < 4.78 is 54.1. The molecule has 1 atom stereocenters. The Bertz CT molecular complexity index is 631. The first-order valence-corrected chi connectivity index (χ1v) is 8.58. The lowest BCUT2D eigenvalue weighted by atomic mass is 10.1. The van der Waals surface area contributed by atoms with Crippen molar-refractivity contribution < 1.29 is 26.7 Å². The van der Waals surface area contributed by atoms with Gasteiger partial charge in [0.05, 0.1) is 17.1 Å². The van der Waals surface area contributed by atoms with Gasteiger partial charge in [-0.25, -0.2) is 22.0 Å². The van der Waals surface area contributed by atoms with Crippen molar-refractivity contribution in [2.75, 3.05) is 6.61 Å². The molecule has 0 aliphatic rings. The van der Waals surface area contributed by atoms with Crippen LogP contribution < -0.4 is 0 Å². The van der Waals surface area contributed by atoms with Crippen molar-refractivity contribution in [1.82, 2.24) is 0 Å². The minimum atomic E-state index is -4.28. The molecule has 0 bridgehead atoms. The van der Waals surface area contributed by atoms with Gasteiger partial charge >= 0.3 is 5.97 Å². The maximum atomic E-state index is 13.6. The average molecular weight is 341 g/mol. The van der Waals surface area contributed by atoms with E-state index in [-0.39, 0.29) is 12.5 Å². The summed E-state index contributed by atoms with van der Waals surface area (Å²) in [6.45, 7) is 3.83. The Morgan fingerprint density at radius 1 is 1.38 bits per heavy atom. The molecule has 0 fully saturated rings. The Kier molecular flexibility index (Phi) is 6.10. The number of halogens is 3. The van der Waals surface area contributed by atoms with Crippen molar-refractivity contribution in [3.05, 3.63) is 29.3 Å². The van der Waals surface area contributed by atoms with E-state index in [0.29, 0.717) is 12.1 Å². The Labute approximate surface area is 126 Å². The van der Waals surface area contributed by atoms with Gasteiger partial charge in [-0.1, -0.05) is 20.3 Å². The number of ether oxygens (including phenoxy) is 1. The maximum absolute atomic E-state index is 13.6. The van der Waals surface area contributed by atoms with E-state index in [0.717, 1.165) is 12.8 Å². The van der Waals surface area contributed by atoms with Crippen LogP contribution in [-0.2, 0) is 13.8 Å². The SMILES string of the molecule is CCCC(C)COC(=O)c1cc(S(=O)(=O)Cl)cc(F)c1F. The first kappa shape index (κ1) is 17.8. The van der Waals surface area contributed by atoms with E-state index >= 15 is 0 Å². The van der Waals surface area contributed by atoms with Crippen molar-refractivity contribution in [2.45, 2.75) is 31.6 Å². The molecular formula is C13H15ClF2O4S. The quantitative estimate of drug-likeness (QED) is 0.587. The summed E-state index contributed by atoms with van der Waals surface area (Å²) in [4.78, 5) is 11.0. The highest BCUT2D eigenvalue weighted by molar-refractivity contribution is 8.13. The van der Waals surface area contributed by atoms with E-state index in [1.54, 1.807) is 0 Å². The van der Waals surface area contributed by atoms with Crippen LogP contribution in [0.5, 0.6) is 0 Å². The second kappa shape index (κ2) is 7.17. The van der Waals surface area contributed by atoms with Crippen LogP contribution in [-0.4, -0.2) is 21.0 Å². The van der Waals surface area contributed by atoms with Gasteiger partial charge in [-0.05, 0) is 24.5 Å². The molecule has 1 rings (SSSR count). The second-order valence-corrected chi connectivity index (χ2v) is 7.26. The third-order valence-electron chi connectivity index (χ3n) is 2.78. The van der Waals surface area contributed by atoms with E-state index < -0.39 is 37.1 Å². The molecule has 1 aromatic carbocycles. The standard InChI is InChI=1S/C13H15ClF2O4S/c1-3-4-8(2)7-20-13(17)10-5-9(21(14,18)19)6-11(15)12(10)16/h5-6,8H,3-4,7H2,1-2H3. The average Bonchev–Trinajstić information content (AvgIpc) is 2.38. The Morgan fingerprint density at radius 2 is 2.00 bits per heavy atom. The van der Waals surface area contributed by atoms with Crippen LogP contribution in [0.25, 0.3) is 0 Å². The van der Waals surface area contributed by atoms with E-state index in [1.807, 2.05) is 13.8 Å². The predicted octanol–water partition coefficient (Wildman–Crippen LogP) is 3.49. The second-order valence-electron chi connectivity index (χ2n) is 4.70. The van der Waals surface area contributed by atoms with Crippen molar-refractivity contribution in [1.29, 1.82) is 0 Å². The van der Waals surface area contributed by atoms with E-state index in [4.69, 9.17) is 15.4 Å². The fourth-order valence-electron chi connectivity index (χ4n) is 1.73. The lowest BCUT2D eigenvalue weighted by Gasteiger charge is -2.11. The maximum Gasteiger partial charge on any atom is 0.341 e. The lowest BCUT2D eigenvalue weighted by molar-refractivity contribution is 0.0436. The van der Waals surface area contributed by atoms with Crippen molar-refractivity contribution >= 4 is 25.7 Å². The van der Waals surface area contributed by atoms with Crippen molar-refractivity contribution in [3.63, 3.8) is 0 Å². The number of carbonyl (C=O) groups excluding carboxylic acids is 1. The van der Waals surface area contributed by atoms with Crippen LogP contribution in [0.15, 0.2) is 17.0 Å². The molecule has 0 spiro atoms. The molecule has 118 valence electrons. The Hall–Kier alpha value is -1.21. The van der Waals surface area contributed by atoms with E-state index in [9.17, 15) is 22.0 Å². The summed E-state index contributed by atoms with van der Waals surface area (Å²) in [5.41, 5.74) is -0.794. The molecule has 0 amide bonds. The molecule has 1 aromatic rings. The largest absolute Gasteiger partial charge is 0.462 e. The topological polar surface area (TPSA) is 60.4 Å². The zero-order valence-corrected chi connectivity index (χ0v) is 13.1. The van der Waals surface area contributed by atoms with Crippen LogP contribution in [0.1, 0.15) is 37.0 Å². The third kappa shape index (κ3) is 4.93. The molecule has 0 saturated heterocycles. The first-order chi connectivity index (χ1) is 9.66. The highest BCUT2D eigenvalue weighted by Gasteiger charge is 2.23. The van der Waals surface area contributed by atoms with Gasteiger partial charge in [0.2, 0.25) is 0 Å². The minimum absolute atomic E-state index is 0.0333. The fraction of sp³-hybridized carbons (Fsp3) is 0.462. The molecule has 0 aliphatic carbocycles. The highest BCUT2D eigenvalue weighted by Crippen LogP contribution is 2.22. The van der Waals surface area contributed by atoms with Gasteiger partial charge in [0.25, 0.3) is 9.05 Å². The van der Waals surface area contributed by atoms with Crippen molar-refractivity contribution in [3.8, 4) is 0 Å². The molecule has 0 radical (unpaired) electrons. The fourth-order valence-corrected chi connectivity index (χ4v) is 2.50. The lowest BCUT2D eigenvalue weighted by Crippen LogP contribution is -2.14. The monoisotopic (exact) mass is 340 g/mol. The Morgan fingerprint density at radius 3 is 2.52 bits per heavy atom. The number of hydrogen-bond donors (Lipinski definition) is 0. The number of hydrogen-bond acceptors (Lipinski definition) is 4. The summed E-state index contributed by atoms with van der Waals surface area (Å²) in [5.74, 6) is -4.01. The van der Waals surface area contributed by atoms with Gasteiger partial charge < -0.3 is 4.74 Å². The Balaban J connectivity index is 3.01. The molecule has 8 heteroatoms. The number of benzene rings is 1. The molecule has 1 unspecified atom stereocenters. The highest BCUT2D eigenvalue weighted by atomic mass is 35.7. The smallest absolute Gasteiger partial charge is 0.341 e. The number of carbonyl (C=O) groups is 1.